The van der Waals surface area contributed by atoms with Crippen LogP contribution in [0.1, 0.15) is 43.0 Å². The highest BCUT2D eigenvalue weighted by Crippen LogP contribution is 2.26. The SMILES string of the molecule is Cc1cccc(CN(C(=O)COc2cc(C)c(Br)c(C)c2)[C@H](C)C(=O)NC(C)C)c1. The van der Waals surface area contributed by atoms with Crippen molar-refractivity contribution in [3.63, 3.8) is 0 Å². The molecule has 0 unspecified atom stereocenters. The average molecular weight is 475 g/mol. The Labute approximate surface area is 187 Å². The number of nitrogens with zero attached hydrogens (tertiary/aromatic N) is 1. The molecule has 0 aliphatic carbocycles. The summed E-state index contributed by atoms with van der Waals surface area (Å²) in [7, 11) is 0. The van der Waals surface area contributed by atoms with Gasteiger partial charge in [0.05, 0.1) is 0 Å². The van der Waals surface area contributed by atoms with E-state index >= 15 is 0 Å². The Kier molecular flexibility index (Phi) is 8.47. The predicted octanol–water partition coefficient (Wildman–Crippen LogP) is 4.70. The lowest BCUT2D eigenvalue weighted by atomic mass is 10.1. The third kappa shape index (κ3) is 6.59. The van der Waals surface area contributed by atoms with Crippen LogP contribution < -0.4 is 10.1 Å². The molecule has 0 radical (unpaired) electrons. The second kappa shape index (κ2) is 10.6. The molecule has 2 aromatic rings. The molecule has 0 aliphatic heterocycles. The number of halogens is 1. The van der Waals surface area contributed by atoms with Gasteiger partial charge in [0.1, 0.15) is 11.8 Å². The van der Waals surface area contributed by atoms with E-state index in [0.717, 1.165) is 26.7 Å². The van der Waals surface area contributed by atoms with Crippen LogP contribution in [0, 0.1) is 20.8 Å². The number of amides is 2. The number of benzene rings is 2. The maximum atomic E-state index is 13.1. The van der Waals surface area contributed by atoms with Gasteiger partial charge in [-0.15, -0.1) is 0 Å². The Morgan fingerprint density at radius 2 is 1.70 bits per heavy atom. The zero-order valence-corrected chi connectivity index (χ0v) is 20.2. The van der Waals surface area contributed by atoms with E-state index in [-0.39, 0.29) is 24.5 Å². The van der Waals surface area contributed by atoms with E-state index in [4.69, 9.17) is 4.74 Å². The summed E-state index contributed by atoms with van der Waals surface area (Å²) in [6, 6.07) is 11.1. The summed E-state index contributed by atoms with van der Waals surface area (Å²) in [4.78, 5) is 27.3. The number of aryl methyl sites for hydroxylation is 3. The van der Waals surface area contributed by atoms with Crippen molar-refractivity contribution in [3.8, 4) is 5.75 Å². The minimum Gasteiger partial charge on any atom is -0.484 e. The Morgan fingerprint density at radius 3 is 2.27 bits per heavy atom. The van der Waals surface area contributed by atoms with Gasteiger partial charge in [0.15, 0.2) is 6.61 Å². The number of ether oxygens (including phenoxy) is 1. The van der Waals surface area contributed by atoms with E-state index in [9.17, 15) is 9.59 Å². The van der Waals surface area contributed by atoms with Crippen molar-refractivity contribution < 1.29 is 14.3 Å². The molecule has 0 heterocycles. The molecule has 0 spiro atoms. The van der Waals surface area contributed by atoms with Crippen LogP contribution in [-0.2, 0) is 16.1 Å². The molecule has 0 fully saturated rings. The summed E-state index contributed by atoms with van der Waals surface area (Å²) in [6.07, 6.45) is 0. The van der Waals surface area contributed by atoms with Crippen LogP contribution in [-0.4, -0.2) is 35.4 Å². The van der Waals surface area contributed by atoms with Crippen LogP contribution in [0.3, 0.4) is 0 Å². The van der Waals surface area contributed by atoms with Crippen LogP contribution in [0.15, 0.2) is 40.9 Å². The Morgan fingerprint density at radius 1 is 1.07 bits per heavy atom. The molecule has 0 aliphatic rings. The van der Waals surface area contributed by atoms with Crippen molar-refractivity contribution in [2.45, 2.75) is 60.2 Å². The van der Waals surface area contributed by atoms with Crippen LogP contribution in [0.25, 0.3) is 0 Å². The molecule has 5 nitrogen and oxygen atoms in total. The minimum absolute atomic E-state index is 0.000776. The molecule has 0 aromatic heterocycles. The van der Waals surface area contributed by atoms with Crippen molar-refractivity contribution >= 4 is 27.7 Å². The Hall–Kier alpha value is -2.34. The first-order valence-electron chi connectivity index (χ1n) is 10.1. The lowest BCUT2D eigenvalue weighted by Gasteiger charge is -2.29. The molecule has 0 bridgehead atoms. The fourth-order valence-electron chi connectivity index (χ4n) is 3.21. The van der Waals surface area contributed by atoms with Gasteiger partial charge in [-0.3, -0.25) is 9.59 Å². The van der Waals surface area contributed by atoms with E-state index in [1.165, 1.54) is 0 Å². The fraction of sp³-hybridized carbons (Fsp3) is 0.417. The summed E-state index contributed by atoms with van der Waals surface area (Å²) in [5.41, 5.74) is 4.16. The summed E-state index contributed by atoms with van der Waals surface area (Å²) in [6.45, 7) is 11.7. The van der Waals surface area contributed by atoms with E-state index < -0.39 is 6.04 Å². The van der Waals surface area contributed by atoms with Crippen molar-refractivity contribution in [1.82, 2.24) is 10.2 Å². The van der Waals surface area contributed by atoms with Crippen molar-refractivity contribution in [2.24, 2.45) is 0 Å². The lowest BCUT2D eigenvalue weighted by Crippen LogP contribution is -2.50. The number of hydrogen-bond acceptors (Lipinski definition) is 3. The Bertz CT molecular complexity index is 888. The smallest absolute Gasteiger partial charge is 0.261 e. The van der Waals surface area contributed by atoms with Gasteiger partial charge in [0, 0.05) is 17.1 Å². The highest BCUT2D eigenvalue weighted by molar-refractivity contribution is 9.10. The van der Waals surface area contributed by atoms with Gasteiger partial charge in [0.25, 0.3) is 5.91 Å². The molecule has 0 saturated carbocycles. The van der Waals surface area contributed by atoms with Crippen LogP contribution in [0.5, 0.6) is 5.75 Å². The monoisotopic (exact) mass is 474 g/mol. The number of nitrogens with one attached hydrogen (secondary N) is 1. The third-order valence-electron chi connectivity index (χ3n) is 4.81. The van der Waals surface area contributed by atoms with Crippen molar-refractivity contribution in [1.29, 1.82) is 0 Å². The molecule has 0 saturated heterocycles. The number of carbonyl (C=O) groups excluding carboxylic acids is 2. The van der Waals surface area contributed by atoms with Gasteiger partial charge in [-0.1, -0.05) is 45.8 Å². The van der Waals surface area contributed by atoms with E-state index in [1.54, 1.807) is 11.8 Å². The second-order valence-corrected chi connectivity index (χ2v) is 8.80. The first-order valence-corrected chi connectivity index (χ1v) is 10.9. The number of hydrogen-bond donors (Lipinski definition) is 1. The van der Waals surface area contributed by atoms with E-state index in [1.807, 2.05) is 71.0 Å². The molecule has 30 heavy (non-hydrogen) atoms. The van der Waals surface area contributed by atoms with Crippen LogP contribution in [0.2, 0.25) is 0 Å². The van der Waals surface area contributed by atoms with Gasteiger partial charge in [-0.25, -0.2) is 0 Å². The summed E-state index contributed by atoms with van der Waals surface area (Å²) in [5.74, 6) is 0.221. The van der Waals surface area contributed by atoms with E-state index in [0.29, 0.717) is 12.3 Å². The molecular formula is C24H31BrN2O3. The molecule has 2 amide bonds. The summed E-state index contributed by atoms with van der Waals surface area (Å²) < 4.78 is 6.82. The van der Waals surface area contributed by atoms with Crippen LogP contribution >= 0.6 is 15.9 Å². The molecule has 1 N–H and O–H groups in total. The van der Waals surface area contributed by atoms with Gasteiger partial charge < -0.3 is 15.0 Å². The molecular weight excluding hydrogens is 444 g/mol. The zero-order valence-electron chi connectivity index (χ0n) is 18.6. The van der Waals surface area contributed by atoms with Crippen molar-refractivity contribution in [2.75, 3.05) is 6.61 Å². The summed E-state index contributed by atoms with van der Waals surface area (Å²) in [5, 5.41) is 2.89. The maximum Gasteiger partial charge on any atom is 0.261 e. The molecule has 6 heteroatoms. The largest absolute Gasteiger partial charge is 0.484 e. The first kappa shape index (κ1) is 23.9. The fourth-order valence-corrected chi connectivity index (χ4v) is 3.44. The molecule has 162 valence electrons. The molecule has 2 rings (SSSR count). The second-order valence-electron chi connectivity index (χ2n) is 8.01. The van der Waals surface area contributed by atoms with Crippen molar-refractivity contribution in [3.05, 3.63) is 63.1 Å². The Balaban J connectivity index is 2.19. The topological polar surface area (TPSA) is 58.6 Å². The average Bonchev–Trinajstić information content (AvgIpc) is 2.67. The number of rotatable bonds is 8. The minimum atomic E-state index is -0.614. The first-order chi connectivity index (χ1) is 14.1. The normalized spacial score (nSPS) is 11.9. The zero-order chi connectivity index (χ0) is 22.4. The number of carbonyl (C=O) groups is 2. The van der Waals surface area contributed by atoms with Gasteiger partial charge >= 0.3 is 0 Å². The van der Waals surface area contributed by atoms with Crippen LogP contribution in [0.4, 0.5) is 0 Å². The highest BCUT2D eigenvalue weighted by atomic mass is 79.9. The standard InChI is InChI=1S/C24H31BrN2O3/c1-15(2)26-24(29)19(6)27(13-20-9-7-8-16(3)10-20)22(28)14-30-21-11-17(4)23(25)18(5)12-21/h7-12,15,19H,13-14H2,1-6H3,(H,26,29)/t19-/m1/s1. The third-order valence-corrected chi connectivity index (χ3v) is 6.06. The highest BCUT2D eigenvalue weighted by Gasteiger charge is 2.27. The van der Waals surface area contributed by atoms with Gasteiger partial charge in [-0.05, 0) is 70.4 Å². The lowest BCUT2D eigenvalue weighted by molar-refractivity contribution is -0.142. The van der Waals surface area contributed by atoms with Gasteiger partial charge in [0.2, 0.25) is 5.91 Å². The molecule has 1 atom stereocenters. The quantitative estimate of drug-likeness (QED) is 0.603. The maximum absolute atomic E-state index is 13.1. The predicted molar refractivity (Wildman–Crippen MR) is 124 cm³/mol. The molecule has 2 aromatic carbocycles. The van der Waals surface area contributed by atoms with E-state index in [2.05, 4.69) is 21.2 Å². The summed E-state index contributed by atoms with van der Waals surface area (Å²) >= 11 is 3.54. The van der Waals surface area contributed by atoms with Gasteiger partial charge in [-0.2, -0.15) is 0 Å².